The number of hydrogen-bond acceptors (Lipinski definition) is 7. The van der Waals surface area contributed by atoms with Gasteiger partial charge in [-0.3, -0.25) is 0 Å². The van der Waals surface area contributed by atoms with E-state index < -0.39 is 0 Å². The number of nitrogens with zero attached hydrogens (tertiary/aromatic N) is 4. The van der Waals surface area contributed by atoms with Crippen LogP contribution >= 0.6 is 0 Å². The Morgan fingerprint density at radius 2 is 1.89 bits per heavy atom. The number of pyridine rings is 1. The molecule has 28 heavy (non-hydrogen) atoms. The zero-order valence-corrected chi connectivity index (χ0v) is 15.6. The van der Waals surface area contributed by atoms with Crippen molar-refractivity contribution in [2.24, 2.45) is 11.8 Å². The molecule has 2 aliphatic rings. The summed E-state index contributed by atoms with van der Waals surface area (Å²) in [6.45, 7) is 3.94. The lowest BCUT2D eigenvalue weighted by Gasteiger charge is -2.20. The van der Waals surface area contributed by atoms with Gasteiger partial charge in [-0.25, -0.2) is 19.7 Å². The van der Waals surface area contributed by atoms with E-state index in [1.54, 1.807) is 19.3 Å². The Morgan fingerprint density at radius 3 is 2.64 bits per heavy atom. The van der Waals surface area contributed by atoms with Crippen LogP contribution in [0.15, 0.2) is 48.9 Å². The van der Waals surface area contributed by atoms with Crippen molar-refractivity contribution < 1.29 is 9.53 Å². The number of piperidine rings is 1. The van der Waals surface area contributed by atoms with Crippen LogP contribution in [0.2, 0.25) is 0 Å². The summed E-state index contributed by atoms with van der Waals surface area (Å²) < 4.78 is 4.97. The van der Waals surface area contributed by atoms with Gasteiger partial charge in [0.25, 0.3) is 0 Å². The lowest BCUT2D eigenvalue weighted by Crippen LogP contribution is -2.29. The van der Waals surface area contributed by atoms with E-state index in [1.807, 2.05) is 24.4 Å². The highest BCUT2D eigenvalue weighted by Crippen LogP contribution is 2.48. The highest BCUT2D eigenvalue weighted by atomic mass is 16.5. The van der Waals surface area contributed by atoms with Crippen molar-refractivity contribution in [3.05, 3.63) is 54.5 Å². The fourth-order valence-corrected chi connectivity index (χ4v) is 4.10. The second-order valence-corrected chi connectivity index (χ2v) is 7.28. The van der Waals surface area contributed by atoms with Crippen LogP contribution in [0.4, 0.5) is 11.8 Å². The molecule has 1 unspecified atom stereocenters. The molecule has 7 nitrogen and oxygen atoms in total. The molecule has 0 amide bonds. The summed E-state index contributed by atoms with van der Waals surface area (Å²) in [6, 6.07) is 10.8. The van der Waals surface area contributed by atoms with Gasteiger partial charge in [0.2, 0.25) is 5.95 Å². The van der Waals surface area contributed by atoms with E-state index in [-0.39, 0.29) is 5.97 Å². The van der Waals surface area contributed by atoms with Gasteiger partial charge in [-0.15, -0.1) is 0 Å². The van der Waals surface area contributed by atoms with Crippen molar-refractivity contribution in [1.82, 2.24) is 15.0 Å². The highest BCUT2D eigenvalue weighted by Gasteiger charge is 2.56. The van der Waals surface area contributed by atoms with Gasteiger partial charge in [0, 0.05) is 54.9 Å². The summed E-state index contributed by atoms with van der Waals surface area (Å²) in [7, 11) is 0. The van der Waals surface area contributed by atoms with Crippen LogP contribution in [-0.2, 0) is 4.74 Å². The summed E-state index contributed by atoms with van der Waals surface area (Å²) in [6.07, 6.45) is 4.94. The van der Waals surface area contributed by atoms with Gasteiger partial charge in [0.15, 0.2) is 0 Å². The van der Waals surface area contributed by atoms with Gasteiger partial charge < -0.3 is 15.0 Å². The van der Waals surface area contributed by atoms with Crippen molar-refractivity contribution in [2.75, 3.05) is 29.9 Å². The molecule has 3 atom stereocenters. The number of nitrogens with one attached hydrogen (secondary N) is 1. The lowest BCUT2D eigenvalue weighted by atomic mass is 10.1. The predicted octanol–water partition coefficient (Wildman–Crippen LogP) is 2.75. The summed E-state index contributed by atoms with van der Waals surface area (Å²) >= 11 is 0. The number of benzene rings is 1. The van der Waals surface area contributed by atoms with Gasteiger partial charge in [-0.05, 0) is 18.4 Å². The van der Waals surface area contributed by atoms with Gasteiger partial charge in [0.1, 0.15) is 5.82 Å². The average molecular weight is 375 g/mol. The molecule has 1 saturated carbocycles. The van der Waals surface area contributed by atoms with Crippen LogP contribution in [0.25, 0.3) is 10.8 Å². The number of anilines is 2. The number of carbonyl (C=O) groups excluding carboxylic acids is 1. The van der Waals surface area contributed by atoms with Crippen molar-refractivity contribution in [3.63, 3.8) is 0 Å². The fraction of sp³-hybridized carbons (Fsp3) is 0.333. The minimum atomic E-state index is -0.384. The second-order valence-electron chi connectivity index (χ2n) is 7.28. The molecule has 7 heteroatoms. The molecule has 0 radical (unpaired) electrons. The SMILES string of the molecule is CCOC(=O)c1cnc(N2C[C@@H]3C(Nc4nccc5ccccc45)[C@@H]3C2)nc1. The van der Waals surface area contributed by atoms with E-state index >= 15 is 0 Å². The van der Waals surface area contributed by atoms with E-state index in [2.05, 4.69) is 37.3 Å². The smallest absolute Gasteiger partial charge is 0.341 e. The topological polar surface area (TPSA) is 80.2 Å². The summed E-state index contributed by atoms with van der Waals surface area (Å²) in [5.41, 5.74) is 0.386. The predicted molar refractivity (Wildman–Crippen MR) is 106 cm³/mol. The third kappa shape index (κ3) is 2.93. The highest BCUT2D eigenvalue weighted by molar-refractivity contribution is 5.92. The molecule has 0 spiro atoms. The molecule has 3 aromatic rings. The largest absolute Gasteiger partial charge is 0.462 e. The van der Waals surface area contributed by atoms with E-state index in [0.717, 1.165) is 24.3 Å². The van der Waals surface area contributed by atoms with Crippen LogP contribution < -0.4 is 10.2 Å². The second kappa shape index (κ2) is 6.74. The van der Waals surface area contributed by atoms with Gasteiger partial charge >= 0.3 is 5.97 Å². The van der Waals surface area contributed by atoms with Gasteiger partial charge in [-0.1, -0.05) is 24.3 Å². The fourth-order valence-electron chi connectivity index (χ4n) is 4.10. The Hall–Kier alpha value is -3.22. The molecular weight excluding hydrogens is 354 g/mol. The normalized spacial score (nSPS) is 22.8. The number of carbonyl (C=O) groups is 1. The zero-order chi connectivity index (χ0) is 19.1. The Labute approximate surface area is 162 Å². The van der Waals surface area contributed by atoms with Crippen LogP contribution in [0.1, 0.15) is 17.3 Å². The first-order chi connectivity index (χ1) is 13.7. The van der Waals surface area contributed by atoms with E-state index in [1.165, 1.54) is 5.39 Å². The first kappa shape index (κ1) is 16.9. The minimum absolute atomic E-state index is 0.343. The minimum Gasteiger partial charge on any atom is -0.462 e. The maximum atomic E-state index is 11.7. The first-order valence-corrected chi connectivity index (χ1v) is 9.59. The molecule has 1 aromatic carbocycles. The van der Waals surface area contributed by atoms with Crippen LogP contribution in [0, 0.1) is 11.8 Å². The molecule has 5 rings (SSSR count). The monoisotopic (exact) mass is 375 g/mol. The maximum Gasteiger partial charge on any atom is 0.341 e. The Balaban J connectivity index is 1.23. The van der Waals surface area contributed by atoms with Crippen molar-refractivity contribution in [2.45, 2.75) is 13.0 Å². The lowest BCUT2D eigenvalue weighted by molar-refractivity contribution is 0.0525. The molecule has 1 saturated heterocycles. The maximum absolute atomic E-state index is 11.7. The van der Waals surface area contributed by atoms with E-state index in [0.29, 0.717) is 36.0 Å². The molecule has 2 aromatic heterocycles. The Bertz CT molecular complexity index is 1010. The van der Waals surface area contributed by atoms with Gasteiger partial charge in [0.05, 0.1) is 12.2 Å². The Morgan fingerprint density at radius 1 is 1.14 bits per heavy atom. The molecule has 1 N–H and O–H groups in total. The zero-order valence-electron chi connectivity index (χ0n) is 15.6. The summed E-state index contributed by atoms with van der Waals surface area (Å²) in [5.74, 6) is 2.37. The first-order valence-electron chi connectivity index (χ1n) is 9.59. The average Bonchev–Trinajstić information content (AvgIpc) is 3.17. The quantitative estimate of drug-likeness (QED) is 0.687. The standard InChI is InChI=1S/C21H21N5O2/c1-2-28-20(27)14-9-23-21(24-10-14)26-11-16-17(12-26)18(16)25-19-15-6-4-3-5-13(15)7-8-22-19/h3-10,16-18H,2,11-12H2,1H3,(H,22,25)/t16-,17+,18?. The Kier molecular flexibility index (Phi) is 4.07. The molecule has 3 heterocycles. The third-order valence-corrected chi connectivity index (χ3v) is 5.60. The number of rotatable bonds is 5. The molecule has 0 bridgehead atoms. The summed E-state index contributed by atoms with van der Waals surface area (Å²) in [4.78, 5) is 27.1. The van der Waals surface area contributed by atoms with Crippen LogP contribution in [-0.4, -0.2) is 46.7 Å². The van der Waals surface area contributed by atoms with Crippen molar-refractivity contribution in [3.8, 4) is 0 Å². The van der Waals surface area contributed by atoms with Gasteiger partial charge in [-0.2, -0.15) is 0 Å². The number of hydrogen-bond donors (Lipinski definition) is 1. The number of ether oxygens (including phenoxy) is 1. The molecule has 1 aliphatic carbocycles. The third-order valence-electron chi connectivity index (χ3n) is 5.60. The summed E-state index contributed by atoms with van der Waals surface area (Å²) in [5, 5.41) is 5.99. The van der Waals surface area contributed by atoms with Crippen LogP contribution in [0.3, 0.4) is 0 Å². The molecule has 142 valence electrons. The number of aromatic nitrogens is 3. The van der Waals surface area contributed by atoms with Crippen LogP contribution in [0.5, 0.6) is 0 Å². The molecule has 1 aliphatic heterocycles. The van der Waals surface area contributed by atoms with E-state index in [4.69, 9.17) is 4.74 Å². The molecular formula is C21H21N5O2. The van der Waals surface area contributed by atoms with Crippen molar-refractivity contribution >= 4 is 28.5 Å². The molecule has 2 fully saturated rings. The number of esters is 1. The van der Waals surface area contributed by atoms with E-state index in [9.17, 15) is 4.79 Å². The number of fused-ring (bicyclic) bond motifs is 2. The van der Waals surface area contributed by atoms with Crippen molar-refractivity contribution in [1.29, 1.82) is 0 Å².